The Hall–Kier alpha value is -3.02. The van der Waals surface area contributed by atoms with Gasteiger partial charge >= 0.3 is 0 Å². The van der Waals surface area contributed by atoms with Crippen molar-refractivity contribution in [2.24, 2.45) is 0 Å². The molecule has 1 N–H and O–H groups in total. The molecule has 0 aliphatic carbocycles. The molecule has 144 valence electrons. The Morgan fingerprint density at radius 3 is 2.33 bits per heavy atom. The third-order valence-electron chi connectivity index (χ3n) is 3.83. The number of methoxy groups -OCH3 is 1. The fourth-order valence-corrected chi connectivity index (χ4v) is 2.61. The summed E-state index contributed by atoms with van der Waals surface area (Å²) in [6.45, 7) is 7.15. The third kappa shape index (κ3) is 5.74. The molecular weight excluding hydrogens is 344 g/mol. The predicted molar refractivity (Wildman–Crippen MR) is 107 cm³/mol. The smallest absolute Gasteiger partial charge is 0.244 e. The van der Waals surface area contributed by atoms with Crippen LogP contribution in [0.4, 0.5) is 11.4 Å². The van der Waals surface area contributed by atoms with Gasteiger partial charge in [0.25, 0.3) is 0 Å². The Bertz CT molecular complexity index is 800. The predicted octanol–water partition coefficient (Wildman–Crippen LogP) is 3.78. The molecular formula is C21H26N2O4. The van der Waals surface area contributed by atoms with E-state index in [0.29, 0.717) is 22.9 Å². The SMILES string of the molecule is COc1ccc(C)cc1NC(=O)CN(C(C)=O)c1ccc(OC(C)C)cc1. The van der Waals surface area contributed by atoms with E-state index in [4.69, 9.17) is 9.47 Å². The Kier molecular flexibility index (Phi) is 6.82. The van der Waals surface area contributed by atoms with Crippen LogP contribution in [0.2, 0.25) is 0 Å². The highest BCUT2D eigenvalue weighted by molar-refractivity contribution is 6.02. The lowest BCUT2D eigenvalue weighted by Gasteiger charge is -2.21. The fraction of sp³-hybridized carbons (Fsp3) is 0.333. The second-order valence-electron chi connectivity index (χ2n) is 6.52. The lowest BCUT2D eigenvalue weighted by Crippen LogP contribution is -2.36. The number of carbonyl (C=O) groups excluding carboxylic acids is 2. The highest BCUT2D eigenvalue weighted by Crippen LogP contribution is 2.25. The van der Waals surface area contributed by atoms with Gasteiger partial charge in [-0.1, -0.05) is 6.07 Å². The molecule has 0 saturated carbocycles. The van der Waals surface area contributed by atoms with Crippen molar-refractivity contribution in [1.82, 2.24) is 0 Å². The number of aryl methyl sites for hydroxylation is 1. The first-order chi connectivity index (χ1) is 12.8. The fourth-order valence-electron chi connectivity index (χ4n) is 2.61. The third-order valence-corrected chi connectivity index (χ3v) is 3.83. The van der Waals surface area contributed by atoms with E-state index >= 15 is 0 Å². The molecule has 27 heavy (non-hydrogen) atoms. The van der Waals surface area contributed by atoms with Gasteiger partial charge in [0, 0.05) is 12.6 Å². The number of nitrogens with one attached hydrogen (secondary N) is 1. The van der Waals surface area contributed by atoms with E-state index in [0.717, 1.165) is 5.56 Å². The lowest BCUT2D eigenvalue weighted by molar-refractivity contribution is -0.120. The summed E-state index contributed by atoms with van der Waals surface area (Å²) in [5.41, 5.74) is 2.20. The second-order valence-corrected chi connectivity index (χ2v) is 6.52. The molecule has 0 unspecified atom stereocenters. The number of anilines is 2. The molecule has 0 radical (unpaired) electrons. The first kappa shape index (κ1) is 20.3. The van der Waals surface area contributed by atoms with Crippen LogP contribution in [0, 0.1) is 6.92 Å². The topological polar surface area (TPSA) is 67.9 Å². The van der Waals surface area contributed by atoms with Gasteiger partial charge in [-0.15, -0.1) is 0 Å². The van der Waals surface area contributed by atoms with E-state index in [2.05, 4.69) is 5.32 Å². The molecule has 0 aromatic heterocycles. The number of benzene rings is 2. The summed E-state index contributed by atoms with van der Waals surface area (Å²) in [4.78, 5) is 26.0. The summed E-state index contributed by atoms with van der Waals surface area (Å²) >= 11 is 0. The van der Waals surface area contributed by atoms with Gasteiger partial charge in [0.2, 0.25) is 11.8 Å². The number of hydrogen-bond acceptors (Lipinski definition) is 4. The van der Waals surface area contributed by atoms with Gasteiger partial charge in [0.05, 0.1) is 18.9 Å². The van der Waals surface area contributed by atoms with Gasteiger partial charge in [0.15, 0.2) is 0 Å². The van der Waals surface area contributed by atoms with Crippen LogP contribution in [0.3, 0.4) is 0 Å². The van der Waals surface area contributed by atoms with Crippen molar-refractivity contribution in [2.75, 3.05) is 23.9 Å². The molecule has 0 bridgehead atoms. The van der Waals surface area contributed by atoms with E-state index in [9.17, 15) is 9.59 Å². The number of hydrogen-bond donors (Lipinski definition) is 1. The van der Waals surface area contributed by atoms with Crippen LogP contribution in [0.1, 0.15) is 26.3 Å². The molecule has 0 saturated heterocycles. The van der Waals surface area contributed by atoms with Crippen LogP contribution in [-0.4, -0.2) is 31.6 Å². The van der Waals surface area contributed by atoms with Crippen molar-refractivity contribution in [2.45, 2.75) is 33.8 Å². The van der Waals surface area contributed by atoms with E-state index in [1.54, 1.807) is 37.4 Å². The molecule has 0 aliphatic rings. The number of ether oxygens (including phenoxy) is 2. The van der Waals surface area contributed by atoms with Crippen LogP contribution in [-0.2, 0) is 9.59 Å². The van der Waals surface area contributed by atoms with Crippen LogP contribution >= 0.6 is 0 Å². The summed E-state index contributed by atoms with van der Waals surface area (Å²) < 4.78 is 10.9. The molecule has 6 nitrogen and oxygen atoms in total. The van der Waals surface area contributed by atoms with E-state index in [-0.39, 0.29) is 24.5 Å². The molecule has 0 atom stereocenters. The van der Waals surface area contributed by atoms with Crippen molar-refractivity contribution in [3.05, 3.63) is 48.0 Å². The van der Waals surface area contributed by atoms with Crippen molar-refractivity contribution in [1.29, 1.82) is 0 Å². The van der Waals surface area contributed by atoms with Crippen molar-refractivity contribution in [3.8, 4) is 11.5 Å². The van der Waals surface area contributed by atoms with Gasteiger partial charge in [-0.05, 0) is 62.7 Å². The number of rotatable bonds is 7. The minimum atomic E-state index is -0.309. The number of carbonyl (C=O) groups is 2. The maximum Gasteiger partial charge on any atom is 0.244 e. The van der Waals surface area contributed by atoms with E-state index < -0.39 is 0 Å². The van der Waals surface area contributed by atoms with Crippen molar-refractivity contribution in [3.63, 3.8) is 0 Å². The maximum absolute atomic E-state index is 12.5. The zero-order valence-electron chi connectivity index (χ0n) is 16.4. The first-order valence-corrected chi connectivity index (χ1v) is 8.79. The molecule has 0 fully saturated rings. The van der Waals surface area contributed by atoms with Crippen LogP contribution < -0.4 is 19.7 Å². The van der Waals surface area contributed by atoms with Crippen LogP contribution in [0.15, 0.2) is 42.5 Å². The highest BCUT2D eigenvalue weighted by Gasteiger charge is 2.17. The van der Waals surface area contributed by atoms with Gasteiger partial charge in [-0.3, -0.25) is 9.59 Å². The maximum atomic E-state index is 12.5. The normalized spacial score (nSPS) is 10.4. The van der Waals surface area contributed by atoms with E-state index in [1.807, 2.05) is 32.9 Å². The first-order valence-electron chi connectivity index (χ1n) is 8.79. The summed E-state index contributed by atoms with van der Waals surface area (Å²) in [5, 5.41) is 2.81. The monoisotopic (exact) mass is 370 g/mol. The average molecular weight is 370 g/mol. The highest BCUT2D eigenvalue weighted by atomic mass is 16.5. The molecule has 2 aromatic carbocycles. The summed E-state index contributed by atoms with van der Waals surface area (Å²) in [6, 6.07) is 12.6. The van der Waals surface area contributed by atoms with Gasteiger partial charge < -0.3 is 19.7 Å². The van der Waals surface area contributed by atoms with Crippen molar-refractivity contribution < 1.29 is 19.1 Å². The second kappa shape index (κ2) is 9.07. The Morgan fingerprint density at radius 1 is 1.11 bits per heavy atom. The minimum Gasteiger partial charge on any atom is -0.495 e. The quantitative estimate of drug-likeness (QED) is 0.805. The molecule has 2 amide bonds. The Balaban J connectivity index is 2.13. The summed E-state index contributed by atoms with van der Waals surface area (Å²) in [5.74, 6) is 0.750. The summed E-state index contributed by atoms with van der Waals surface area (Å²) in [7, 11) is 1.54. The zero-order valence-corrected chi connectivity index (χ0v) is 16.4. The molecule has 2 rings (SSSR count). The van der Waals surface area contributed by atoms with Gasteiger partial charge in [-0.2, -0.15) is 0 Å². The largest absolute Gasteiger partial charge is 0.495 e. The zero-order chi connectivity index (χ0) is 20.0. The lowest BCUT2D eigenvalue weighted by atomic mass is 10.2. The summed E-state index contributed by atoms with van der Waals surface area (Å²) in [6.07, 6.45) is 0.0647. The number of nitrogens with zero attached hydrogens (tertiary/aromatic N) is 1. The molecule has 6 heteroatoms. The Morgan fingerprint density at radius 2 is 1.78 bits per heavy atom. The average Bonchev–Trinajstić information content (AvgIpc) is 2.60. The standard InChI is InChI=1S/C21H26N2O4/c1-14(2)27-18-9-7-17(8-10-18)23(16(4)24)13-21(25)22-19-12-15(3)6-11-20(19)26-5/h6-12,14H,13H2,1-5H3,(H,22,25). The van der Waals surface area contributed by atoms with Crippen LogP contribution in [0.5, 0.6) is 11.5 Å². The van der Waals surface area contributed by atoms with E-state index in [1.165, 1.54) is 11.8 Å². The van der Waals surface area contributed by atoms with Crippen molar-refractivity contribution >= 4 is 23.2 Å². The molecule has 0 spiro atoms. The van der Waals surface area contributed by atoms with Gasteiger partial charge in [-0.25, -0.2) is 0 Å². The van der Waals surface area contributed by atoms with Crippen LogP contribution in [0.25, 0.3) is 0 Å². The molecule has 0 heterocycles. The molecule has 0 aliphatic heterocycles. The number of amides is 2. The Labute approximate surface area is 160 Å². The van der Waals surface area contributed by atoms with Gasteiger partial charge in [0.1, 0.15) is 18.0 Å². The minimum absolute atomic E-state index is 0.0647. The molecule has 2 aromatic rings.